The lowest BCUT2D eigenvalue weighted by Crippen LogP contribution is -2.36. The largest absolute Gasteiger partial charge is 0.379 e. The van der Waals surface area contributed by atoms with Gasteiger partial charge in [0.2, 0.25) is 0 Å². The van der Waals surface area contributed by atoms with E-state index >= 15 is 0 Å². The highest BCUT2D eigenvalue weighted by Crippen LogP contribution is 2.37. The Kier molecular flexibility index (Phi) is 5.34. The SMILES string of the molecule is COC1CCC(c2n[nH]c(=S)n2C2=C(C)CCCC2)CC1OC. The number of nitrogens with zero attached hydrogens (tertiary/aromatic N) is 2. The van der Waals surface area contributed by atoms with Crippen molar-refractivity contribution in [2.75, 3.05) is 14.2 Å². The Morgan fingerprint density at radius 1 is 1.13 bits per heavy atom. The third-order valence-electron chi connectivity index (χ3n) is 5.38. The number of rotatable bonds is 4. The molecule has 0 spiro atoms. The number of allylic oxidation sites excluding steroid dienone is 2. The summed E-state index contributed by atoms with van der Waals surface area (Å²) in [5.41, 5.74) is 2.80. The second kappa shape index (κ2) is 7.28. The Bertz CT molecular complexity index is 634. The van der Waals surface area contributed by atoms with Crippen LogP contribution in [0.3, 0.4) is 0 Å². The molecule has 1 fully saturated rings. The summed E-state index contributed by atoms with van der Waals surface area (Å²) in [6.07, 6.45) is 8.06. The topological polar surface area (TPSA) is 52.1 Å². The Labute approximate surface area is 143 Å². The lowest BCUT2D eigenvalue weighted by atomic mass is 9.84. The Balaban J connectivity index is 1.91. The second-order valence-corrected chi connectivity index (χ2v) is 7.10. The molecule has 0 bridgehead atoms. The molecule has 0 radical (unpaired) electrons. The maximum absolute atomic E-state index is 5.65. The Morgan fingerprint density at radius 2 is 1.87 bits per heavy atom. The highest BCUT2D eigenvalue weighted by atomic mass is 32.1. The quantitative estimate of drug-likeness (QED) is 0.842. The van der Waals surface area contributed by atoms with E-state index in [9.17, 15) is 0 Å². The van der Waals surface area contributed by atoms with Gasteiger partial charge in [0, 0.05) is 25.8 Å². The van der Waals surface area contributed by atoms with Crippen LogP contribution >= 0.6 is 12.2 Å². The predicted molar refractivity (Wildman–Crippen MR) is 93.0 cm³/mol. The molecular formula is C17H27N3O2S. The minimum Gasteiger partial charge on any atom is -0.379 e. The van der Waals surface area contributed by atoms with Crippen LogP contribution in [0.1, 0.15) is 63.6 Å². The molecule has 0 amide bonds. The van der Waals surface area contributed by atoms with Crippen LogP contribution < -0.4 is 0 Å². The normalized spacial score (nSPS) is 29.1. The molecule has 3 atom stereocenters. The van der Waals surface area contributed by atoms with Gasteiger partial charge in [-0.3, -0.25) is 9.67 Å². The third kappa shape index (κ3) is 3.30. The highest BCUT2D eigenvalue weighted by molar-refractivity contribution is 7.71. The molecule has 5 nitrogen and oxygen atoms in total. The van der Waals surface area contributed by atoms with Crippen LogP contribution in [0.2, 0.25) is 0 Å². The van der Waals surface area contributed by atoms with E-state index in [2.05, 4.69) is 21.7 Å². The second-order valence-electron chi connectivity index (χ2n) is 6.71. The fourth-order valence-corrected chi connectivity index (χ4v) is 4.29. The maximum Gasteiger partial charge on any atom is 0.199 e. The summed E-state index contributed by atoms with van der Waals surface area (Å²) < 4.78 is 14.1. The number of ether oxygens (including phenoxy) is 2. The first kappa shape index (κ1) is 16.9. The van der Waals surface area contributed by atoms with Gasteiger partial charge in [-0.15, -0.1) is 0 Å². The predicted octanol–water partition coefficient (Wildman–Crippen LogP) is 4.04. The van der Waals surface area contributed by atoms with Gasteiger partial charge < -0.3 is 9.47 Å². The zero-order valence-corrected chi connectivity index (χ0v) is 15.1. The van der Waals surface area contributed by atoms with Crippen LogP contribution in [0.15, 0.2) is 5.57 Å². The Hall–Kier alpha value is -0.980. The van der Waals surface area contributed by atoms with Gasteiger partial charge >= 0.3 is 0 Å². The van der Waals surface area contributed by atoms with E-state index in [1.807, 2.05) is 0 Å². The fraction of sp³-hybridized carbons (Fsp3) is 0.765. The van der Waals surface area contributed by atoms with E-state index in [0.29, 0.717) is 5.92 Å². The van der Waals surface area contributed by atoms with E-state index in [4.69, 9.17) is 21.7 Å². The molecule has 1 saturated carbocycles. The van der Waals surface area contributed by atoms with Gasteiger partial charge in [0.05, 0.1) is 12.2 Å². The number of aromatic amines is 1. The van der Waals surface area contributed by atoms with Gasteiger partial charge in [-0.1, -0.05) is 5.57 Å². The van der Waals surface area contributed by atoms with Crippen molar-refractivity contribution < 1.29 is 9.47 Å². The molecule has 6 heteroatoms. The minimum atomic E-state index is 0.124. The lowest BCUT2D eigenvalue weighted by Gasteiger charge is -2.34. The zero-order chi connectivity index (χ0) is 16.4. The summed E-state index contributed by atoms with van der Waals surface area (Å²) in [5, 5.41) is 7.60. The van der Waals surface area contributed by atoms with Crippen molar-refractivity contribution >= 4 is 17.9 Å². The summed E-state index contributed by atoms with van der Waals surface area (Å²) in [5.74, 6) is 1.43. The summed E-state index contributed by atoms with van der Waals surface area (Å²) in [6, 6.07) is 0. The number of hydrogen-bond donors (Lipinski definition) is 1. The van der Waals surface area contributed by atoms with Gasteiger partial charge in [-0.25, -0.2) is 0 Å². The molecule has 3 unspecified atom stereocenters. The molecular weight excluding hydrogens is 310 g/mol. The molecule has 2 aliphatic rings. The van der Waals surface area contributed by atoms with E-state index in [0.717, 1.165) is 36.3 Å². The van der Waals surface area contributed by atoms with E-state index in [-0.39, 0.29) is 12.2 Å². The van der Waals surface area contributed by atoms with Crippen LogP contribution in [0.25, 0.3) is 5.70 Å². The molecule has 23 heavy (non-hydrogen) atoms. The van der Waals surface area contributed by atoms with Crippen LogP contribution in [0, 0.1) is 4.77 Å². The van der Waals surface area contributed by atoms with Crippen molar-refractivity contribution in [3.05, 3.63) is 16.2 Å². The van der Waals surface area contributed by atoms with Crippen LogP contribution in [-0.4, -0.2) is 41.2 Å². The monoisotopic (exact) mass is 337 g/mol. The summed E-state index contributed by atoms with van der Waals surface area (Å²) in [4.78, 5) is 0. The average Bonchev–Trinajstić information content (AvgIpc) is 2.96. The first-order valence-electron chi connectivity index (χ1n) is 8.57. The Morgan fingerprint density at radius 3 is 2.57 bits per heavy atom. The van der Waals surface area contributed by atoms with Gasteiger partial charge in [0.15, 0.2) is 4.77 Å². The van der Waals surface area contributed by atoms with Crippen LogP contribution in [-0.2, 0) is 9.47 Å². The molecule has 0 saturated heterocycles. The van der Waals surface area contributed by atoms with E-state index in [1.165, 1.54) is 30.5 Å². The fourth-order valence-electron chi connectivity index (χ4n) is 4.04. The number of H-pyrrole nitrogens is 1. The van der Waals surface area contributed by atoms with Gasteiger partial charge in [0.1, 0.15) is 5.82 Å². The maximum atomic E-state index is 5.65. The molecule has 1 N–H and O–H groups in total. The van der Waals surface area contributed by atoms with Gasteiger partial charge in [-0.05, 0) is 64.1 Å². The number of aromatic nitrogens is 3. The van der Waals surface area contributed by atoms with Crippen molar-refractivity contribution in [3.8, 4) is 0 Å². The van der Waals surface area contributed by atoms with Gasteiger partial charge in [-0.2, -0.15) is 5.10 Å². The van der Waals surface area contributed by atoms with Crippen LogP contribution in [0.4, 0.5) is 0 Å². The van der Waals surface area contributed by atoms with Crippen molar-refractivity contribution in [2.45, 2.75) is 70.0 Å². The first-order chi connectivity index (χ1) is 11.2. The smallest absolute Gasteiger partial charge is 0.199 e. The van der Waals surface area contributed by atoms with E-state index in [1.54, 1.807) is 14.2 Å². The lowest BCUT2D eigenvalue weighted by molar-refractivity contribution is -0.0631. The van der Waals surface area contributed by atoms with Crippen LogP contribution in [0.5, 0.6) is 0 Å². The number of hydrogen-bond acceptors (Lipinski definition) is 4. The minimum absolute atomic E-state index is 0.124. The molecule has 0 aromatic carbocycles. The highest BCUT2D eigenvalue weighted by Gasteiger charge is 2.34. The van der Waals surface area contributed by atoms with Gasteiger partial charge in [0.25, 0.3) is 0 Å². The molecule has 3 rings (SSSR count). The van der Waals surface area contributed by atoms with Crippen molar-refractivity contribution in [1.29, 1.82) is 0 Å². The summed E-state index contributed by atoms with van der Waals surface area (Å²) in [7, 11) is 3.53. The zero-order valence-electron chi connectivity index (χ0n) is 14.3. The summed E-state index contributed by atoms with van der Waals surface area (Å²) >= 11 is 5.53. The molecule has 2 aliphatic carbocycles. The number of nitrogens with one attached hydrogen (secondary N) is 1. The van der Waals surface area contributed by atoms with E-state index < -0.39 is 0 Å². The first-order valence-corrected chi connectivity index (χ1v) is 8.98. The molecule has 1 heterocycles. The molecule has 1 aromatic heterocycles. The number of methoxy groups -OCH3 is 2. The van der Waals surface area contributed by atoms with Crippen molar-refractivity contribution in [2.24, 2.45) is 0 Å². The molecule has 1 aromatic rings. The third-order valence-corrected chi connectivity index (χ3v) is 5.65. The standard InChI is InChI=1S/C17H27N3O2S/c1-11-6-4-5-7-13(11)20-16(18-19-17(20)23)12-8-9-14(21-2)15(10-12)22-3/h12,14-15H,4-10H2,1-3H3,(H,19,23). The molecule has 0 aliphatic heterocycles. The average molecular weight is 337 g/mol. The molecule has 128 valence electrons. The summed E-state index contributed by atoms with van der Waals surface area (Å²) in [6.45, 7) is 2.23. The van der Waals surface area contributed by atoms with Crippen molar-refractivity contribution in [1.82, 2.24) is 14.8 Å². The van der Waals surface area contributed by atoms with Crippen molar-refractivity contribution in [3.63, 3.8) is 0 Å².